The number of carbonyl (C=O) groups is 2. The predicted octanol–water partition coefficient (Wildman–Crippen LogP) is 2.05. The molecule has 0 atom stereocenters. The van der Waals surface area contributed by atoms with E-state index in [4.69, 9.17) is 10.2 Å². The Morgan fingerprint density at radius 3 is 2.68 bits per heavy atom. The maximum absolute atomic E-state index is 12.4. The number of carbonyl (C=O) groups excluding carboxylic acids is 2. The number of urea groups is 1. The van der Waals surface area contributed by atoms with Crippen LogP contribution in [0.4, 0.5) is 10.5 Å². The third-order valence-corrected chi connectivity index (χ3v) is 3.93. The molecule has 3 amide bonds. The molecule has 0 spiro atoms. The molecule has 0 bridgehead atoms. The van der Waals surface area contributed by atoms with Crippen molar-refractivity contribution in [2.75, 3.05) is 5.43 Å². The minimum absolute atomic E-state index is 0.224. The number of nitrogens with zero attached hydrogens (tertiary/aromatic N) is 1. The van der Waals surface area contributed by atoms with Crippen molar-refractivity contribution in [2.24, 2.45) is 10.8 Å². The number of amides is 3. The van der Waals surface area contributed by atoms with E-state index >= 15 is 0 Å². The van der Waals surface area contributed by atoms with Gasteiger partial charge in [0.2, 0.25) is 0 Å². The van der Waals surface area contributed by atoms with Gasteiger partial charge in [-0.1, -0.05) is 18.2 Å². The Kier molecular flexibility index (Phi) is 4.69. The number of primary amides is 1. The molecule has 130 valence electrons. The molecule has 0 fully saturated rings. The summed E-state index contributed by atoms with van der Waals surface area (Å²) in [5.41, 5.74) is 15.6. The molecule has 0 aliphatic heterocycles. The lowest BCUT2D eigenvalue weighted by atomic mass is 9.93. The van der Waals surface area contributed by atoms with Crippen LogP contribution < -0.4 is 22.0 Å². The number of para-hydroxylation sites is 1. The number of aryl methyl sites for hydroxylation is 1. The second-order valence-electron chi connectivity index (χ2n) is 5.69. The van der Waals surface area contributed by atoms with Crippen LogP contribution >= 0.6 is 0 Å². The number of hydrazine groups is 1. The maximum atomic E-state index is 12.4. The Morgan fingerprint density at radius 1 is 1.20 bits per heavy atom. The SMILES string of the molecule is Cc1c(C(=O)NNc2ccccc2)oc2c1/C(=N/NC(N)=O)CCC2. The van der Waals surface area contributed by atoms with Crippen molar-refractivity contribution in [1.82, 2.24) is 10.9 Å². The van der Waals surface area contributed by atoms with Crippen LogP contribution in [0.3, 0.4) is 0 Å². The van der Waals surface area contributed by atoms with E-state index in [0.717, 1.165) is 17.7 Å². The van der Waals surface area contributed by atoms with Gasteiger partial charge in [0.1, 0.15) is 5.76 Å². The molecule has 0 unspecified atom stereocenters. The molecule has 3 rings (SSSR count). The Hall–Kier alpha value is -3.29. The first-order valence-corrected chi connectivity index (χ1v) is 7.92. The van der Waals surface area contributed by atoms with Gasteiger partial charge in [0.15, 0.2) is 5.76 Å². The molecule has 1 aliphatic carbocycles. The fraction of sp³-hybridized carbons (Fsp3) is 0.235. The van der Waals surface area contributed by atoms with Crippen molar-refractivity contribution in [3.8, 4) is 0 Å². The fourth-order valence-corrected chi connectivity index (χ4v) is 2.83. The Balaban J connectivity index is 1.80. The zero-order valence-electron chi connectivity index (χ0n) is 13.8. The number of hydrogen-bond donors (Lipinski definition) is 4. The Bertz CT molecular complexity index is 826. The van der Waals surface area contributed by atoms with E-state index in [-0.39, 0.29) is 11.7 Å². The van der Waals surface area contributed by atoms with Crippen LogP contribution in [0.2, 0.25) is 0 Å². The first kappa shape index (κ1) is 16.6. The van der Waals surface area contributed by atoms with Crippen molar-refractivity contribution in [1.29, 1.82) is 0 Å². The molecule has 2 aromatic rings. The van der Waals surface area contributed by atoms with Crippen LogP contribution in [0.5, 0.6) is 0 Å². The lowest BCUT2D eigenvalue weighted by Crippen LogP contribution is -2.29. The van der Waals surface area contributed by atoms with Gasteiger partial charge < -0.3 is 10.2 Å². The molecule has 8 heteroatoms. The number of hydrazone groups is 1. The highest BCUT2D eigenvalue weighted by Gasteiger charge is 2.28. The molecule has 0 radical (unpaired) electrons. The molecule has 0 saturated heterocycles. The van der Waals surface area contributed by atoms with Gasteiger partial charge in [-0.25, -0.2) is 10.2 Å². The zero-order valence-corrected chi connectivity index (χ0v) is 13.8. The molecule has 25 heavy (non-hydrogen) atoms. The monoisotopic (exact) mass is 341 g/mol. The van der Waals surface area contributed by atoms with Crippen molar-refractivity contribution >= 4 is 23.3 Å². The number of nitrogens with two attached hydrogens (primary N) is 1. The minimum Gasteiger partial charge on any atom is -0.455 e. The quantitative estimate of drug-likeness (QED) is 0.636. The van der Waals surface area contributed by atoms with Crippen molar-refractivity contribution in [3.05, 3.63) is 53.0 Å². The first-order chi connectivity index (χ1) is 12.1. The maximum Gasteiger partial charge on any atom is 0.332 e. The fourth-order valence-electron chi connectivity index (χ4n) is 2.83. The van der Waals surface area contributed by atoms with E-state index in [0.29, 0.717) is 29.9 Å². The van der Waals surface area contributed by atoms with Crippen LogP contribution in [-0.2, 0) is 6.42 Å². The van der Waals surface area contributed by atoms with E-state index in [2.05, 4.69) is 21.4 Å². The van der Waals surface area contributed by atoms with Crippen molar-refractivity contribution in [2.45, 2.75) is 26.2 Å². The number of nitrogens with one attached hydrogen (secondary N) is 3. The molecular formula is C17H19N5O3. The van der Waals surface area contributed by atoms with Crippen LogP contribution in [0, 0.1) is 6.92 Å². The van der Waals surface area contributed by atoms with Crippen molar-refractivity contribution in [3.63, 3.8) is 0 Å². The second kappa shape index (κ2) is 7.08. The molecule has 1 aromatic heterocycles. The van der Waals surface area contributed by atoms with Gasteiger partial charge in [-0.15, -0.1) is 0 Å². The summed E-state index contributed by atoms with van der Waals surface area (Å²) in [5.74, 6) is 0.540. The van der Waals surface area contributed by atoms with Gasteiger partial charge in [-0.2, -0.15) is 5.10 Å². The standard InChI is InChI=1S/C17H19N5O3/c1-10-14-12(20-22-17(18)24)8-5-9-13(14)25-15(10)16(23)21-19-11-6-3-2-4-7-11/h2-4,6-7,19H,5,8-9H2,1H3,(H,21,23)(H3,18,22,24)/b20-12+. The summed E-state index contributed by atoms with van der Waals surface area (Å²) in [6.45, 7) is 1.80. The molecule has 1 heterocycles. The lowest BCUT2D eigenvalue weighted by Gasteiger charge is -2.13. The molecular weight excluding hydrogens is 322 g/mol. The van der Waals surface area contributed by atoms with Crippen LogP contribution in [0.15, 0.2) is 39.9 Å². The van der Waals surface area contributed by atoms with Gasteiger partial charge >= 0.3 is 11.9 Å². The molecule has 1 aromatic carbocycles. The second-order valence-corrected chi connectivity index (χ2v) is 5.69. The zero-order chi connectivity index (χ0) is 17.8. The van der Waals surface area contributed by atoms with Crippen LogP contribution in [-0.4, -0.2) is 17.6 Å². The van der Waals surface area contributed by atoms with Gasteiger partial charge in [-0.3, -0.25) is 15.6 Å². The van der Waals surface area contributed by atoms with Gasteiger partial charge in [0.05, 0.1) is 11.4 Å². The highest BCUT2D eigenvalue weighted by Crippen LogP contribution is 2.29. The molecule has 5 N–H and O–H groups in total. The molecule has 8 nitrogen and oxygen atoms in total. The van der Waals surface area contributed by atoms with Gasteiger partial charge in [0.25, 0.3) is 0 Å². The van der Waals surface area contributed by atoms with Crippen LogP contribution in [0.1, 0.15) is 40.3 Å². The number of furan rings is 1. The first-order valence-electron chi connectivity index (χ1n) is 7.92. The summed E-state index contributed by atoms with van der Waals surface area (Å²) in [7, 11) is 0. The summed E-state index contributed by atoms with van der Waals surface area (Å²) >= 11 is 0. The predicted molar refractivity (Wildman–Crippen MR) is 93.2 cm³/mol. The van der Waals surface area contributed by atoms with Crippen molar-refractivity contribution < 1.29 is 14.0 Å². The lowest BCUT2D eigenvalue weighted by molar-refractivity contribution is 0.0932. The van der Waals surface area contributed by atoms with E-state index in [1.54, 1.807) is 6.92 Å². The van der Waals surface area contributed by atoms with E-state index < -0.39 is 6.03 Å². The number of fused-ring (bicyclic) bond motifs is 1. The average molecular weight is 341 g/mol. The average Bonchev–Trinajstić information content (AvgIpc) is 2.96. The Morgan fingerprint density at radius 2 is 1.96 bits per heavy atom. The topological polar surface area (TPSA) is 122 Å². The van der Waals surface area contributed by atoms with E-state index in [1.807, 2.05) is 30.3 Å². The smallest absolute Gasteiger partial charge is 0.332 e. The summed E-state index contributed by atoms with van der Waals surface area (Å²) in [4.78, 5) is 23.3. The molecule has 1 aliphatic rings. The summed E-state index contributed by atoms with van der Waals surface area (Å²) < 4.78 is 5.75. The number of benzene rings is 1. The number of rotatable bonds is 4. The van der Waals surface area contributed by atoms with Gasteiger partial charge in [0, 0.05) is 17.5 Å². The summed E-state index contributed by atoms with van der Waals surface area (Å²) in [5, 5.41) is 4.04. The minimum atomic E-state index is -0.731. The van der Waals surface area contributed by atoms with E-state index in [9.17, 15) is 9.59 Å². The van der Waals surface area contributed by atoms with E-state index in [1.165, 1.54) is 0 Å². The largest absolute Gasteiger partial charge is 0.455 e. The summed E-state index contributed by atoms with van der Waals surface area (Å²) in [6.07, 6.45) is 2.21. The van der Waals surface area contributed by atoms with Gasteiger partial charge in [-0.05, 0) is 31.9 Å². The highest BCUT2D eigenvalue weighted by molar-refractivity contribution is 6.06. The Labute approximate surface area is 144 Å². The third-order valence-electron chi connectivity index (χ3n) is 3.93. The third kappa shape index (κ3) is 3.63. The summed E-state index contributed by atoms with van der Waals surface area (Å²) in [6, 6.07) is 8.55. The normalized spacial score (nSPS) is 14.7. The van der Waals surface area contributed by atoms with Crippen LogP contribution in [0.25, 0.3) is 0 Å². The highest BCUT2D eigenvalue weighted by atomic mass is 16.4. The number of anilines is 1. The molecule has 0 saturated carbocycles. The number of hydrogen-bond acceptors (Lipinski definition) is 5.